The van der Waals surface area contributed by atoms with Gasteiger partial charge in [0.05, 0.1) is 21.3 Å². The first-order chi connectivity index (χ1) is 13.6. The number of benzene rings is 2. The lowest BCUT2D eigenvalue weighted by Gasteiger charge is -2.13. The van der Waals surface area contributed by atoms with Crippen LogP contribution in [0, 0.1) is 0 Å². The summed E-state index contributed by atoms with van der Waals surface area (Å²) in [6, 6.07) is 17.0. The molecule has 0 aliphatic rings. The Kier molecular flexibility index (Phi) is 4.88. The van der Waals surface area contributed by atoms with Crippen molar-refractivity contribution >= 4 is 44.2 Å². The van der Waals surface area contributed by atoms with Crippen LogP contribution in [0.3, 0.4) is 0 Å². The number of ketones is 1. The minimum Gasteiger partial charge on any atom is -0.451 e. The summed E-state index contributed by atoms with van der Waals surface area (Å²) in [7, 11) is 0. The number of carbonyl (C=O) groups excluding carboxylic acids is 2. The molecule has 0 N–H and O–H groups in total. The van der Waals surface area contributed by atoms with E-state index in [1.807, 2.05) is 48.5 Å². The topological polar surface area (TPSA) is 69.2 Å². The number of esters is 1. The molecule has 0 radical (unpaired) electrons. The maximum Gasteiger partial charge on any atom is 0.339 e. The summed E-state index contributed by atoms with van der Waals surface area (Å²) in [5.41, 5.74) is 2.57. The van der Waals surface area contributed by atoms with Gasteiger partial charge in [-0.1, -0.05) is 37.3 Å². The van der Waals surface area contributed by atoms with E-state index in [1.54, 1.807) is 19.9 Å². The van der Waals surface area contributed by atoms with Crippen LogP contribution in [0.15, 0.2) is 54.6 Å². The van der Waals surface area contributed by atoms with Gasteiger partial charge in [0, 0.05) is 11.8 Å². The first-order valence-electron chi connectivity index (χ1n) is 9.06. The minimum absolute atomic E-state index is 0.113. The van der Waals surface area contributed by atoms with E-state index in [2.05, 4.69) is 9.97 Å². The van der Waals surface area contributed by atoms with Gasteiger partial charge in [-0.3, -0.25) is 4.79 Å². The maximum atomic E-state index is 12.8. The lowest BCUT2D eigenvalue weighted by Crippen LogP contribution is -2.23. The number of ether oxygens (including phenoxy) is 1. The molecule has 5 nitrogen and oxygen atoms in total. The highest BCUT2D eigenvalue weighted by Crippen LogP contribution is 2.31. The van der Waals surface area contributed by atoms with Crippen molar-refractivity contribution in [1.82, 2.24) is 9.97 Å². The molecular formula is C22H18N2O3S. The summed E-state index contributed by atoms with van der Waals surface area (Å²) in [6.07, 6.45) is -0.460. The number of aromatic nitrogens is 2. The average Bonchev–Trinajstić information content (AvgIpc) is 3.16. The van der Waals surface area contributed by atoms with E-state index >= 15 is 0 Å². The number of fused-ring (bicyclic) bond motifs is 2. The van der Waals surface area contributed by atoms with Crippen molar-refractivity contribution in [3.05, 3.63) is 60.2 Å². The first kappa shape index (κ1) is 18.3. The van der Waals surface area contributed by atoms with E-state index in [1.165, 1.54) is 11.3 Å². The minimum atomic E-state index is -0.782. The molecule has 0 unspecified atom stereocenters. The van der Waals surface area contributed by atoms with E-state index in [0.29, 0.717) is 28.6 Å². The molecule has 0 fully saturated rings. The van der Waals surface area contributed by atoms with E-state index in [9.17, 15) is 9.59 Å². The van der Waals surface area contributed by atoms with E-state index in [0.717, 1.165) is 15.2 Å². The molecule has 4 rings (SSSR count). The molecule has 0 spiro atoms. The van der Waals surface area contributed by atoms with Crippen molar-refractivity contribution in [2.45, 2.75) is 26.4 Å². The van der Waals surface area contributed by atoms with Crippen LogP contribution in [0.1, 0.15) is 30.6 Å². The number of para-hydroxylation sites is 2. The van der Waals surface area contributed by atoms with Crippen LogP contribution >= 0.6 is 11.3 Å². The number of thiazole rings is 1. The molecule has 0 saturated heterocycles. The fourth-order valence-electron chi connectivity index (χ4n) is 3.01. The highest BCUT2D eigenvalue weighted by atomic mass is 32.1. The number of pyridine rings is 1. The third kappa shape index (κ3) is 3.39. The molecule has 28 heavy (non-hydrogen) atoms. The normalized spacial score (nSPS) is 12.2. The predicted molar refractivity (Wildman–Crippen MR) is 111 cm³/mol. The van der Waals surface area contributed by atoms with Crippen LogP contribution in [-0.2, 0) is 9.53 Å². The Labute approximate surface area is 166 Å². The largest absolute Gasteiger partial charge is 0.451 e. The second kappa shape index (κ2) is 7.48. The smallest absolute Gasteiger partial charge is 0.339 e. The van der Waals surface area contributed by atoms with Gasteiger partial charge in [-0.2, -0.15) is 0 Å². The predicted octanol–water partition coefficient (Wildman–Crippen LogP) is 5.04. The second-order valence-electron chi connectivity index (χ2n) is 6.43. The number of hydrogen-bond acceptors (Lipinski definition) is 6. The molecule has 0 saturated carbocycles. The average molecular weight is 390 g/mol. The van der Waals surface area contributed by atoms with Crippen molar-refractivity contribution < 1.29 is 14.3 Å². The second-order valence-corrected chi connectivity index (χ2v) is 7.46. The van der Waals surface area contributed by atoms with Gasteiger partial charge in [0.1, 0.15) is 10.7 Å². The van der Waals surface area contributed by atoms with Crippen molar-refractivity contribution in [3.8, 4) is 10.7 Å². The zero-order valence-corrected chi connectivity index (χ0v) is 16.3. The fourth-order valence-corrected chi connectivity index (χ4v) is 3.94. The number of carbonyl (C=O) groups is 2. The first-order valence-corrected chi connectivity index (χ1v) is 9.88. The molecule has 2 aromatic carbocycles. The third-order valence-corrected chi connectivity index (χ3v) is 5.59. The Balaban J connectivity index is 1.81. The van der Waals surface area contributed by atoms with E-state index < -0.39 is 12.1 Å². The Morgan fingerprint density at radius 1 is 1.04 bits per heavy atom. The van der Waals surface area contributed by atoms with Crippen LogP contribution in [0.2, 0.25) is 0 Å². The molecule has 0 aliphatic heterocycles. The van der Waals surface area contributed by atoms with Gasteiger partial charge >= 0.3 is 5.97 Å². The summed E-state index contributed by atoms with van der Waals surface area (Å²) >= 11 is 1.52. The van der Waals surface area contributed by atoms with Crippen LogP contribution in [0.5, 0.6) is 0 Å². The molecular weight excluding hydrogens is 372 g/mol. The zero-order valence-electron chi connectivity index (χ0n) is 15.5. The molecule has 0 aliphatic carbocycles. The molecule has 0 bridgehead atoms. The van der Waals surface area contributed by atoms with Gasteiger partial charge in [-0.15, -0.1) is 11.3 Å². The van der Waals surface area contributed by atoms with Gasteiger partial charge in [0.25, 0.3) is 0 Å². The van der Waals surface area contributed by atoms with E-state index in [4.69, 9.17) is 4.74 Å². The van der Waals surface area contributed by atoms with Gasteiger partial charge in [0.15, 0.2) is 11.9 Å². The lowest BCUT2D eigenvalue weighted by atomic mass is 10.1. The lowest BCUT2D eigenvalue weighted by molar-refractivity contribution is -0.126. The Morgan fingerprint density at radius 2 is 1.75 bits per heavy atom. The quantitative estimate of drug-likeness (QED) is 0.447. The summed E-state index contributed by atoms with van der Waals surface area (Å²) in [6.45, 7) is 3.35. The number of rotatable bonds is 5. The SMILES string of the molecule is CCC(=O)[C@@H](C)OC(=O)c1cc(-c2nc3ccccc3s2)nc2ccccc12. The molecule has 140 valence electrons. The number of hydrogen-bond donors (Lipinski definition) is 0. The molecule has 6 heteroatoms. The third-order valence-electron chi connectivity index (χ3n) is 4.53. The zero-order chi connectivity index (χ0) is 19.7. The Morgan fingerprint density at radius 3 is 2.50 bits per heavy atom. The highest BCUT2D eigenvalue weighted by molar-refractivity contribution is 7.21. The molecule has 2 aromatic heterocycles. The van der Waals surface area contributed by atoms with Crippen molar-refractivity contribution in [2.75, 3.05) is 0 Å². The number of Topliss-reactive ketones (excluding diaryl/α,β-unsaturated/α-hetero) is 1. The van der Waals surface area contributed by atoms with Crippen molar-refractivity contribution in [1.29, 1.82) is 0 Å². The van der Waals surface area contributed by atoms with Gasteiger partial charge < -0.3 is 4.74 Å². The highest BCUT2D eigenvalue weighted by Gasteiger charge is 2.21. The molecule has 2 heterocycles. The van der Waals surface area contributed by atoms with Crippen LogP contribution in [0.4, 0.5) is 0 Å². The summed E-state index contributed by atoms with van der Waals surface area (Å²) in [4.78, 5) is 34.0. The van der Waals surface area contributed by atoms with Crippen LogP contribution < -0.4 is 0 Å². The Bertz CT molecular complexity index is 1170. The molecule has 1 atom stereocenters. The standard InChI is InChI=1S/C22H18N2O3S/c1-3-19(25)13(2)27-22(26)15-12-18(23-16-9-5-4-8-14(15)16)21-24-17-10-6-7-11-20(17)28-21/h4-13H,3H2,1-2H3/t13-/m1/s1. The van der Waals surface area contributed by atoms with E-state index in [-0.39, 0.29) is 5.78 Å². The summed E-state index contributed by atoms with van der Waals surface area (Å²) in [5, 5.41) is 1.42. The maximum absolute atomic E-state index is 12.8. The van der Waals surface area contributed by atoms with Gasteiger partial charge in [-0.25, -0.2) is 14.8 Å². The monoisotopic (exact) mass is 390 g/mol. The van der Waals surface area contributed by atoms with Crippen molar-refractivity contribution in [3.63, 3.8) is 0 Å². The summed E-state index contributed by atoms with van der Waals surface area (Å²) < 4.78 is 6.47. The Hall–Kier alpha value is -3.12. The van der Waals surface area contributed by atoms with Gasteiger partial charge in [0.2, 0.25) is 0 Å². The van der Waals surface area contributed by atoms with Gasteiger partial charge in [-0.05, 0) is 31.2 Å². The van der Waals surface area contributed by atoms with Crippen molar-refractivity contribution in [2.24, 2.45) is 0 Å². The fraction of sp³-hybridized carbons (Fsp3) is 0.182. The molecule has 4 aromatic rings. The van der Waals surface area contributed by atoms with Crippen LogP contribution in [-0.4, -0.2) is 27.8 Å². The van der Waals surface area contributed by atoms with Crippen LogP contribution in [0.25, 0.3) is 31.8 Å². The summed E-state index contributed by atoms with van der Waals surface area (Å²) in [5.74, 6) is -0.645. The molecule has 0 amide bonds. The number of nitrogens with zero attached hydrogens (tertiary/aromatic N) is 2.